The van der Waals surface area contributed by atoms with Crippen LogP contribution in [0.4, 0.5) is 4.79 Å². The van der Waals surface area contributed by atoms with Crippen molar-refractivity contribution in [3.8, 4) is 5.75 Å². The second kappa shape index (κ2) is 13.3. The largest absolute Gasteiger partial charge is 0.497 e. The van der Waals surface area contributed by atoms with Crippen LogP contribution in [0.25, 0.3) is 0 Å². The summed E-state index contributed by atoms with van der Waals surface area (Å²) in [6.07, 6.45) is 2.02. The van der Waals surface area contributed by atoms with E-state index in [2.05, 4.69) is 0 Å². The number of nitrogens with zero attached hydrogens (tertiary/aromatic N) is 1. The second-order valence-corrected chi connectivity index (χ2v) is 9.85. The topological polar surface area (TPSA) is 74.3 Å². The van der Waals surface area contributed by atoms with E-state index in [0.717, 1.165) is 34.4 Å². The van der Waals surface area contributed by atoms with Crippen molar-refractivity contribution in [2.75, 3.05) is 27.4 Å². The van der Waals surface area contributed by atoms with Crippen LogP contribution in [0.15, 0.2) is 78.9 Å². The van der Waals surface area contributed by atoms with Crippen LogP contribution in [0.1, 0.15) is 54.5 Å². The molecule has 0 radical (unpaired) electrons. The highest BCUT2D eigenvalue weighted by Gasteiger charge is 2.43. The smallest absolute Gasteiger partial charge is 0.411 e. The molecule has 1 aliphatic heterocycles. The first-order valence-corrected chi connectivity index (χ1v) is 13.4. The lowest BCUT2D eigenvalue weighted by molar-refractivity contribution is -0.139. The molecule has 0 spiro atoms. The van der Waals surface area contributed by atoms with Gasteiger partial charge in [-0.3, -0.25) is 4.79 Å². The van der Waals surface area contributed by atoms with Crippen LogP contribution >= 0.6 is 0 Å². The highest BCUT2D eigenvalue weighted by molar-refractivity contribution is 5.72. The van der Waals surface area contributed by atoms with Gasteiger partial charge in [-0.05, 0) is 54.2 Å². The van der Waals surface area contributed by atoms with Gasteiger partial charge in [-0.15, -0.1) is 0 Å². The van der Waals surface area contributed by atoms with E-state index in [9.17, 15) is 9.59 Å². The van der Waals surface area contributed by atoms with Gasteiger partial charge in [-0.25, -0.2) is 4.79 Å². The molecule has 3 aromatic rings. The number of hydrogen-bond donors (Lipinski definition) is 0. The Morgan fingerprint density at radius 3 is 2.31 bits per heavy atom. The minimum absolute atomic E-state index is 0.161. The Labute approximate surface area is 230 Å². The molecule has 1 aliphatic rings. The van der Waals surface area contributed by atoms with Crippen LogP contribution in [0.2, 0.25) is 0 Å². The molecule has 0 N–H and O–H groups in total. The van der Waals surface area contributed by atoms with Gasteiger partial charge in [-0.2, -0.15) is 0 Å². The standard InChI is InChI=1S/C32H37NO6/c1-24(27-14-10-25(11-15-27)22-30(34)37-3)33-20-19-32(39-31(33)35,28-8-5-4-6-9-28)18-7-21-38-23-26-12-16-29(36-2)17-13-26/h4-6,8-17,24H,7,18-23H2,1-3H3/t24-,32?/m0/s1. The second-order valence-electron chi connectivity index (χ2n) is 9.85. The Morgan fingerprint density at radius 2 is 1.67 bits per heavy atom. The molecule has 1 fully saturated rings. The fourth-order valence-corrected chi connectivity index (χ4v) is 4.99. The number of carbonyl (C=O) groups is 2. The molecule has 7 nitrogen and oxygen atoms in total. The molecule has 39 heavy (non-hydrogen) atoms. The lowest BCUT2D eigenvalue weighted by atomic mass is 9.84. The van der Waals surface area contributed by atoms with Crippen LogP contribution < -0.4 is 4.74 Å². The summed E-state index contributed by atoms with van der Waals surface area (Å²) < 4.78 is 22.1. The summed E-state index contributed by atoms with van der Waals surface area (Å²) in [5.74, 6) is 0.542. The zero-order valence-corrected chi connectivity index (χ0v) is 22.9. The van der Waals surface area contributed by atoms with Crippen molar-refractivity contribution < 1.29 is 28.5 Å². The summed E-state index contributed by atoms with van der Waals surface area (Å²) in [5, 5.41) is 0. The third-order valence-electron chi connectivity index (χ3n) is 7.38. The minimum atomic E-state index is -0.692. The van der Waals surface area contributed by atoms with Crippen molar-refractivity contribution in [1.82, 2.24) is 4.90 Å². The van der Waals surface area contributed by atoms with Crippen LogP contribution in [-0.4, -0.2) is 44.3 Å². The molecule has 0 saturated carbocycles. The van der Waals surface area contributed by atoms with E-state index in [4.69, 9.17) is 18.9 Å². The van der Waals surface area contributed by atoms with E-state index in [1.165, 1.54) is 7.11 Å². The van der Waals surface area contributed by atoms with Crippen molar-refractivity contribution in [2.24, 2.45) is 0 Å². The van der Waals surface area contributed by atoms with Gasteiger partial charge in [-0.1, -0.05) is 66.7 Å². The van der Waals surface area contributed by atoms with Gasteiger partial charge in [0.25, 0.3) is 0 Å². The van der Waals surface area contributed by atoms with Crippen LogP contribution in [0.5, 0.6) is 5.75 Å². The summed E-state index contributed by atoms with van der Waals surface area (Å²) >= 11 is 0. The predicted molar refractivity (Wildman–Crippen MR) is 148 cm³/mol. The first-order valence-electron chi connectivity index (χ1n) is 13.4. The van der Waals surface area contributed by atoms with E-state index < -0.39 is 5.60 Å². The lowest BCUT2D eigenvalue weighted by Gasteiger charge is -2.43. The van der Waals surface area contributed by atoms with E-state index in [1.807, 2.05) is 85.8 Å². The molecule has 1 amide bonds. The van der Waals surface area contributed by atoms with Crippen LogP contribution in [-0.2, 0) is 37.6 Å². The Kier molecular flexibility index (Phi) is 9.60. The summed E-state index contributed by atoms with van der Waals surface area (Å²) in [6.45, 7) is 3.66. The van der Waals surface area contributed by atoms with Gasteiger partial charge in [0.05, 0.1) is 33.3 Å². The number of amides is 1. The quantitative estimate of drug-likeness (QED) is 0.204. The van der Waals surface area contributed by atoms with E-state index >= 15 is 0 Å². The zero-order chi connectivity index (χ0) is 27.7. The van der Waals surface area contributed by atoms with E-state index in [0.29, 0.717) is 32.6 Å². The van der Waals surface area contributed by atoms with Gasteiger partial charge in [0.1, 0.15) is 11.4 Å². The molecule has 0 aromatic heterocycles. The maximum absolute atomic E-state index is 13.4. The number of carbonyl (C=O) groups excluding carboxylic acids is 2. The molecular weight excluding hydrogens is 494 g/mol. The Hall–Kier alpha value is -3.84. The van der Waals surface area contributed by atoms with Crippen molar-refractivity contribution in [2.45, 2.75) is 50.9 Å². The minimum Gasteiger partial charge on any atom is -0.497 e. The maximum Gasteiger partial charge on any atom is 0.411 e. The Balaban J connectivity index is 1.37. The third kappa shape index (κ3) is 7.18. The van der Waals surface area contributed by atoms with Gasteiger partial charge in [0, 0.05) is 19.6 Å². The molecule has 0 bridgehead atoms. The SMILES string of the molecule is COC(=O)Cc1ccc([C@H](C)N2CCC(CCCOCc3ccc(OC)cc3)(c3ccccc3)OC2=O)cc1. The molecule has 206 valence electrons. The monoisotopic (exact) mass is 531 g/mol. The maximum atomic E-state index is 13.4. The number of methoxy groups -OCH3 is 2. The van der Waals surface area contributed by atoms with E-state index in [-0.39, 0.29) is 24.5 Å². The number of benzene rings is 3. The normalized spacial score (nSPS) is 17.8. The summed E-state index contributed by atoms with van der Waals surface area (Å²) in [7, 11) is 3.03. The molecular formula is C32H37NO6. The van der Waals surface area contributed by atoms with Crippen molar-refractivity contribution in [3.63, 3.8) is 0 Å². The molecule has 1 saturated heterocycles. The number of hydrogen-bond acceptors (Lipinski definition) is 6. The molecule has 4 rings (SSSR count). The number of ether oxygens (including phenoxy) is 4. The molecule has 2 atom stereocenters. The molecule has 0 aliphatic carbocycles. The van der Waals surface area contributed by atoms with Gasteiger partial charge >= 0.3 is 12.1 Å². The molecule has 7 heteroatoms. The van der Waals surface area contributed by atoms with Gasteiger partial charge in [0.2, 0.25) is 0 Å². The van der Waals surface area contributed by atoms with E-state index in [1.54, 1.807) is 12.0 Å². The fourth-order valence-electron chi connectivity index (χ4n) is 4.99. The Bertz CT molecular complexity index is 1210. The fraction of sp³-hybridized carbons (Fsp3) is 0.375. The van der Waals surface area contributed by atoms with Crippen molar-refractivity contribution in [1.29, 1.82) is 0 Å². The van der Waals surface area contributed by atoms with Crippen LogP contribution in [0.3, 0.4) is 0 Å². The predicted octanol–water partition coefficient (Wildman–Crippen LogP) is 6.21. The average Bonchev–Trinajstić information content (AvgIpc) is 2.98. The highest BCUT2D eigenvalue weighted by atomic mass is 16.6. The highest BCUT2D eigenvalue weighted by Crippen LogP contribution is 2.40. The molecule has 3 aromatic carbocycles. The summed E-state index contributed by atoms with van der Waals surface area (Å²) in [4.78, 5) is 26.7. The number of rotatable bonds is 12. The van der Waals surface area contributed by atoms with Crippen LogP contribution in [0, 0.1) is 0 Å². The molecule has 1 heterocycles. The first kappa shape index (κ1) is 28.2. The average molecular weight is 532 g/mol. The van der Waals surface area contributed by atoms with Gasteiger partial charge < -0.3 is 23.8 Å². The summed E-state index contributed by atoms with van der Waals surface area (Å²) in [5.41, 5.74) is 3.26. The number of cyclic esters (lactones) is 1. The zero-order valence-electron chi connectivity index (χ0n) is 22.9. The lowest BCUT2D eigenvalue weighted by Crippen LogP contribution is -2.48. The van der Waals surface area contributed by atoms with Gasteiger partial charge in [0.15, 0.2) is 0 Å². The molecule has 1 unspecified atom stereocenters. The summed E-state index contributed by atoms with van der Waals surface area (Å²) in [6, 6.07) is 25.4. The van der Waals surface area contributed by atoms with Crippen molar-refractivity contribution >= 4 is 12.1 Å². The van der Waals surface area contributed by atoms with Crippen molar-refractivity contribution in [3.05, 3.63) is 101 Å². The third-order valence-corrected chi connectivity index (χ3v) is 7.38. The first-order chi connectivity index (χ1) is 18.9. The Morgan fingerprint density at radius 1 is 0.974 bits per heavy atom. The number of esters is 1.